The molecule has 1 saturated heterocycles. The lowest BCUT2D eigenvalue weighted by Gasteiger charge is -2.30. The highest BCUT2D eigenvalue weighted by atomic mass is 32.2. The highest BCUT2D eigenvalue weighted by Crippen LogP contribution is 2.23. The highest BCUT2D eigenvalue weighted by Gasteiger charge is 2.22. The molecule has 0 bridgehead atoms. The largest absolute Gasteiger partial charge is 0.318 e. The van der Waals surface area contributed by atoms with Gasteiger partial charge < -0.3 is 4.57 Å². The Labute approximate surface area is 161 Å². The van der Waals surface area contributed by atoms with Crippen LogP contribution in [-0.2, 0) is 10.0 Å². The first-order valence-corrected chi connectivity index (χ1v) is 10.8. The summed E-state index contributed by atoms with van der Waals surface area (Å²) in [5.74, 6) is 0.765. The molecule has 1 aliphatic rings. The fourth-order valence-electron chi connectivity index (χ4n) is 3.95. The number of Topliss-reactive ketones (excluding diaryl/α,β-unsaturated/α-hetero) is 1. The quantitative estimate of drug-likeness (QED) is 0.797. The summed E-state index contributed by atoms with van der Waals surface area (Å²) >= 11 is 0. The fourth-order valence-corrected chi connectivity index (χ4v) is 4.46. The maximum absolute atomic E-state index is 12.9. The third-order valence-electron chi connectivity index (χ3n) is 5.26. The summed E-state index contributed by atoms with van der Waals surface area (Å²) in [5, 5.41) is 5.16. The van der Waals surface area contributed by atoms with Gasteiger partial charge in [0.2, 0.25) is 10.0 Å². The Morgan fingerprint density at radius 2 is 1.89 bits per heavy atom. The SMILES string of the molecule is Cc1cc(C(=O)CN2CCC[C@H](C)C2)c(C)n1-c1ccc(S(N)(=O)=O)cc1. The number of primary sulfonamides is 1. The van der Waals surface area contributed by atoms with E-state index in [1.54, 1.807) is 12.1 Å². The van der Waals surface area contributed by atoms with Crippen molar-refractivity contribution in [3.8, 4) is 5.69 Å². The van der Waals surface area contributed by atoms with Gasteiger partial charge in [0.25, 0.3) is 0 Å². The van der Waals surface area contributed by atoms with Gasteiger partial charge in [-0.25, -0.2) is 13.6 Å². The van der Waals surface area contributed by atoms with Crippen LogP contribution < -0.4 is 5.14 Å². The second-order valence-electron chi connectivity index (χ2n) is 7.56. The van der Waals surface area contributed by atoms with Gasteiger partial charge in [-0.15, -0.1) is 0 Å². The average molecular weight is 390 g/mol. The monoisotopic (exact) mass is 389 g/mol. The number of sulfonamides is 1. The second kappa shape index (κ2) is 7.58. The zero-order chi connectivity index (χ0) is 19.8. The minimum absolute atomic E-state index is 0.0734. The molecular formula is C20H27N3O3S. The minimum Gasteiger partial charge on any atom is -0.318 e. The average Bonchev–Trinajstić information content (AvgIpc) is 2.89. The molecule has 146 valence electrons. The third kappa shape index (κ3) is 4.31. The van der Waals surface area contributed by atoms with Crippen LogP contribution in [0.3, 0.4) is 0 Å². The van der Waals surface area contributed by atoms with Crippen LogP contribution in [-0.4, -0.2) is 43.3 Å². The Hall–Kier alpha value is -1.96. The molecule has 1 atom stereocenters. The molecule has 1 aliphatic heterocycles. The van der Waals surface area contributed by atoms with E-state index in [1.807, 2.05) is 24.5 Å². The third-order valence-corrected chi connectivity index (χ3v) is 6.19. The lowest BCUT2D eigenvalue weighted by Crippen LogP contribution is -2.38. The molecule has 0 amide bonds. The number of piperidine rings is 1. The molecule has 2 N–H and O–H groups in total. The minimum atomic E-state index is -3.72. The maximum Gasteiger partial charge on any atom is 0.238 e. The van der Waals surface area contributed by atoms with Crippen molar-refractivity contribution >= 4 is 15.8 Å². The molecule has 0 radical (unpaired) electrons. The van der Waals surface area contributed by atoms with Gasteiger partial charge in [-0.1, -0.05) is 6.92 Å². The van der Waals surface area contributed by atoms with Crippen molar-refractivity contribution in [1.29, 1.82) is 0 Å². The van der Waals surface area contributed by atoms with Crippen LogP contribution in [0.25, 0.3) is 5.69 Å². The zero-order valence-electron chi connectivity index (χ0n) is 16.1. The number of carbonyl (C=O) groups is 1. The first-order valence-electron chi connectivity index (χ1n) is 9.24. The van der Waals surface area contributed by atoms with Crippen LogP contribution in [0.1, 0.15) is 41.5 Å². The van der Waals surface area contributed by atoms with Gasteiger partial charge in [-0.2, -0.15) is 0 Å². The smallest absolute Gasteiger partial charge is 0.238 e. The Morgan fingerprint density at radius 1 is 1.22 bits per heavy atom. The number of nitrogens with zero attached hydrogens (tertiary/aromatic N) is 2. The van der Waals surface area contributed by atoms with E-state index in [-0.39, 0.29) is 10.7 Å². The number of likely N-dealkylation sites (tertiary alicyclic amines) is 1. The van der Waals surface area contributed by atoms with Crippen molar-refractivity contribution in [2.75, 3.05) is 19.6 Å². The molecular weight excluding hydrogens is 362 g/mol. The van der Waals surface area contributed by atoms with Crippen LogP contribution in [0, 0.1) is 19.8 Å². The van der Waals surface area contributed by atoms with Crippen molar-refractivity contribution in [1.82, 2.24) is 9.47 Å². The predicted molar refractivity (Wildman–Crippen MR) is 106 cm³/mol. The molecule has 0 saturated carbocycles. The van der Waals surface area contributed by atoms with E-state index in [1.165, 1.54) is 18.6 Å². The van der Waals surface area contributed by atoms with Gasteiger partial charge in [0.05, 0.1) is 11.4 Å². The molecule has 3 rings (SSSR count). The molecule has 2 aromatic rings. The molecule has 0 unspecified atom stereocenters. The van der Waals surface area contributed by atoms with E-state index in [0.29, 0.717) is 12.5 Å². The Bertz CT molecular complexity index is 946. The Kier molecular flexibility index (Phi) is 5.55. The summed E-state index contributed by atoms with van der Waals surface area (Å²) < 4.78 is 24.9. The van der Waals surface area contributed by atoms with Crippen molar-refractivity contribution in [2.24, 2.45) is 11.1 Å². The highest BCUT2D eigenvalue weighted by molar-refractivity contribution is 7.89. The summed E-state index contributed by atoms with van der Waals surface area (Å²) in [6.07, 6.45) is 2.37. The molecule has 27 heavy (non-hydrogen) atoms. The van der Waals surface area contributed by atoms with Gasteiger partial charge >= 0.3 is 0 Å². The summed E-state index contributed by atoms with van der Waals surface area (Å²) in [4.78, 5) is 15.2. The maximum atomic E-state index is 12.9. The first kappa shape index (κ1) is 19.8. The van der Waals surface area contributed by atoms with Gasteiger partial charge in [0, 0.05) is 29.2 Å². The fraction of sp³-hybridized carbons (Fsp3) is 0.450. The molecule has 6 nitrogen and oxygen atoms in total. The molecule has 2 heterocycles. The number of carbonyl (C=O) groups excluding carboxylic acids is 1. The van der Waals surface area contributed by atoms with Crippen LogP contribution in [0.15, 0.2) is 35.2 Å². The summed E-state index contributed by atoms with van der Waals surface area (Å²) in [7, 11) is -3.72. The van der Waals surface area contributed by atoms with Crippen LogP contribution in [0.2, 0.25) is 0 Å². The van der Waals surface area contributed by atoms with Crippen molar-refractivity contribution in [3.05, 3.63) is 47.3 Å². The predicted octanol–water partition coefficient (Wildman–Crippen LogP) is 2.66. The first-order chi connectivity index (χ1) is 12.7. The number of aryl methyl sites for hydroxylation is 1. The second-order valence-corrected chi connectivity index (χ2v) is 9.13. The number of hydrogen-bond acceptors (Lipinski definition) is 4. The van der Waals surface area contributed by atoms with Gasteiger partial charge in [0.15, 0.2) is 5.78 Å². The van der Waals surface area contributed by atoms with Crippen molar-refractivity contribution in [2.45, 2.75) is 38.5 Å². The Balaban J connectivity index is 1.85. The normalized spacial score (nSPS) is 18.6. The number of rotatable bonds is 5. The van der Waals surface area contributed by atoms with Gasteiger partial charge in [0.1, 0.15) is 0 Å². The molecule has 1 aromatic carbocycles. The van der Waals surface area contributed by atoms with Crippen molar-refractivity contribution < 1.29 is 13.2 Å². The molecule has 1 aromatic heterocycles. The number of ketones is 1. The van der Waals surface area contributed by atoms with Crippen molar-refractivity contribution in [3.63, 3.8) is 0 Å². The van der Waals surface area contributed by atoms with E-state index in [4.69, 9.17) is 5.14 Å². The summed E-state index contributed by atoms with van der Waals surface area (Å²) in [5.41, 5.74) is 3.33. The van der Waals surface area contributed by atoms with Gasteiger partial charge in [-0.3, -0.25) is 9.69 Å². The molecule has 0 spiro atoms. The number of hydrogen-bond donors (Lipinski definition) is 1. The van der Waals surface area contributed by atoms with Crippen LogP contribution in [0.5, 0.6) is 0 Å². The van der Waals surface area contributed by atoms with Crippen LogP contribution >= 0.6 is 0 Å². The molecule has 1 fully saturated rings. The lowest BCUT2D eigenvalue weighted by atomic mass is 9.99. The number of benzene rings is 1. The van der Waals surface area contributed by atoms with Gasteiger partial charge in [-0.05, 0) is 69.5 Å². The van der Waals surface area contributed by atoms with E-state index >= 15 is 0 Å². The number of nitrogens with two attached hydrogens (primary N) is 1. The lowest BCUT2D eigenvalue weighted by molar-refractivity contribution is 0.0892. The summed E-state index contributed by atoms with van der Waals surface area (Å²) in [6, 6.07) is 8.31. The van der Waals surface area contributed by atoms with E-state index < -0.39 is 10.0 Å². The zero-order valence-corrected chi connectivity index (χ0v) is 16.9. The molecule has 0 aliphatic carbocycles. The standard InChI is InChI=1S/C20H27N3O3S/c1-14-5-4-10-22(12-14)13-20(24)19-11-15(2)23(16(19)3)17-6-8-18(9-7-17)27(21,25)26/h6-9,11,14H,4-5,10,12-13H2,1-3H3,(H2,21,25,26)/t14-/m0/s1. The topological polar surface area (TPSA) is 85.4 Å². The Morgan fingerprint density at radius 3 is 2.48 bits per heavy atom. The summed E-state index contributed by atoms with van der Waals surface area (Å²) in [6.45, 7) is 8.49. The molecule has 7 heteroatoms. The van der Waals surface area contributed by atoms with E-state index in [9.17, 15) is 13.2 Å². The van der Waals surface area contributed by atoms with Crippen LogP contribution in [0.4, 0.5) is 0 Å². The van der Waals surface area contributed by atoms with E-state index in [2.05, 4.69) is 11.8 Å². The number of aromatic nitrogens is 1. The van der Waals surface area contributed by atoms with E-state index in [0.717, 1.165) is 42.1 Å².